The van der Waals surface area contributed by atoms with Gasteiger partial charge in [-0.3, -0.25) is 9.59 Å². The number of aliphatic hydroxyl groups excluding tert-OH is 5. The van der Waals surface area contributed by atoms with E-state index in [1.54, 1.807) is 6.08 Å². The Morgan fingerprint density at radius 3 is 1.09 bits per heavy atom. The number of esters is 1. The molecule has 1 saturated heterocycles. The molecule has 1 heterocycles. The summed E-state index contributed by atoms with van der Waals surface area (Å²) in [7, 11) is 0. The van der Waals surface area contributed by atoms with Crippen molar-refractivity contribution in [1.29, 1.82) is 0 Å². The van der Waals surface area contributed by atoms with Gasteiger partial charge in [0.25, 0.3) is 0 Å². The zero-order chi connectivity index (χ0) is 70.1. The number of nitrogens with one attached hydrogen (secondary N) is 1. The third kappa shape index (κ3) is 62.6. The molecule has 1 amide bonds. The monoisotopic (exact) mass is 1360 g/mol. The van der Waals surface area contributed by atoms with Gasteiger partial charge in [0.05, 0.1) is 32.0 Å². The van der Waals surface area contributed by atoms with Crippen LogP contribution in [0, 0.1) is 0 Å². The third-order valence-corrected chi connectivity index (χ3v) is 19.5. The minimum Gasteiger partial charge on any atom is -0.466 e. The van der Waals surface area contributed by atoms with E-state index in [0.717, 1.165) is 77.0 Å². The Morgan fingerprint density at radius 2 is 0.701 bits per heavy atom. The van der Waals surface area contributed by atoms with Crippen LogP contribution in [0.4, 0.5) is 0 Å². The lowest BCUT2D eigenvalue weighted by Crippen LogP contribution is -2.60. The smallest absolute Gasteiger partial charge is 0.305 e. The lowest BCUT2D eigenvalue weighted by molar-refractivity contribution is -0.302. The first-order valence-electron chi connectivity index (χ1n) is 41.7. The van der Waals surface area contributed by atoms with Crippen LogP contribution in [0.3, 0.4) is 0 Å². The van der Waals surface area contributed by atoms with E-state index >= 15 is 0 Å². The lowest BCUT2D eigenvalue weighted by atomic mass is 9.99. The fourth-order valence-corrected chi connectivity index (χ4v) is 13.0. The van der Waals surface area contributed by atoms with Gasteiger partial charge < -0.3 is 45.1 Å². The largest absolute Gasteiger partial charge is 0.466 e. The Bertz CT molecular complexity index is 1850. The first-order valence-corrected chi connectivity index (χ1v) is 41.7. The minimum absolute atomic E-state index is 0.00712. The summed E-state index contributed by atoms with van der Waals surface area (Å²) in [4.78, 5) is 25.2. The van der Waals surface area contributed by atoms with Crippen LogP contribution < -0.4 is 5.32 Å². The van der Waals surface area contributed by atoms with E-state index in [1.807, 2.05) is 6.08 Å². The van der Waals surface area contributed by atoms with Crippen molar-refractivity contribution >= 4 is 11.9 Å². The molecule has 6 N–H and O–H groups in total. The van der Waals surface area contributed by atoms with Crippen molar-refractivity contribution in [2.24, 2.45) is 0 Å². The van der Waals surface area contributed by atoms with Gasteiger partial charge in [-0.2, -0.15) is 0 Å². The van der Waals surface area contributed by atoms with Crippen LogP contribution in [0.2, 0.25) is 0 Å². The molecule has 1 rings (SSSR count). The first-order chi connectivity index (χ1) is 47.7. The molecular formula is C86H157NO10. The van der Waals surface area contributed by atoms with Crippen LogP contribution >= 0.6 is 0 Å². The second-order valence-corrected chi connectivity index (χ2v) is 28.8. The Morgan fingerprint density at radius 1 is 0.381 bits per heavy atom. The Kier molecular flexibility index (Phi) is 70.5. The van der Waals surface area contributed by atoms with E-state index in [0.29, 0.717) is 19.4 Å². The number of rotatable bonds is 74. The maximum atomic E-state index is 13.1. The predicted octanol–water partition coefficient (Wildman–Crippen LogP) is 23.0. The third-order valence-electron chi connectivity index (χ3n) is 19.5. The van der Waals surface area contributed by atoms with E-state index in [4.69, 9.17) is 14.2 Å². The Hall–Kier alpha value is -2.90. The maximum Gasteiger partial charge on any atom is 0.305 e. The van der Waals surface area contributed by atoms with E-state index in [-0.39, 0.29) is 18.5 Å². The molecule has 0 aromatic carbocycles. The van der Waals surface area contributed by atoms with Crippen molar-refractivity contribution in [3.63, 3.8) is 0 Å². The van der Waals surface area contributed by atoms with Crippen LogP contribution in [-0.4, -0.2) is 100 Å². The molecule has 11 nitrogen and oxygen atoms in total. The fourth-order valence-electron chi connectivity index (χ4n) is 13.0. The standard InChI is InChI=1S/C86H157NO10/c1-3-5-7-9-11-13-15-17-19-46-50-54-58-62-66-70-74-82(91)95-75-71-67-63-59-55-51-47-44-42-40-38-36-34-32-30-28-26-24-22-20-21-23-25-27-29-31-33-35-37-39-41-43-45-49-53-57-61-65-69-73-81(90)87-78(77-96-86-85(94)84(93)83(92)80(76-88)97-86)79(89)72-68-64-60-56-52-48-18-16-14-12-10-8-6-4-2/h14,16,19-21,24,26,46,52,56,68,72,78-80,83-86,88-89,92-94H,3-13,15,17-18,22-23,25,27-45,47-51,53-55,57-67,69-71,73-77H2,1-2H3,(H,87,90)/b16-14+,21-20-,26-24-,46-19-,56-52+,72-68+. The summed E-state index contributed by atoms with van der Waals surface area (Å²) in [6, 6.07) is -0.834. The normalized spacial score (nSPS) is 17.6. The Balaban J connectivity index is 1.91. The second kappa shape index (κ2) is 74.3. The molecule has 0 aromatic heterocycles. The van der Waals surface area contributed by atoms with Gasteiger partial charge in [0.15, 0.2) is 6.29 Å². The fraction of sp³-hybridized carbons (Fsp3) is 0.837. The van der Waals surface area contributed by atoms with Gasteiger partial charge in [-0.1, -0.05) is 344 Å². The zero-order valence-corrected chi connectivity index (χ0v) is 63.3. The summed E-state index contributed by atoms with van der Waals surface area (Å²) in [5.41, 5.74) is 0. The van der Waals surface area contributed by atoms with E-state index in [2.05, 4.69) is 79.9 Å². The summed E-state index contributed by atoms with van der Waals surface area (Å²) in [6.45, 7) is 4.34. The number of unbranched alkanes of at least 4 members (excludes halogenated alkanes) is 50. The molecule has 11 heteroatoms. The lowest BCUT2D eigenvalue weighted by Gasteiger charge is -2.40. The van der Waals surface area contributed by atoms with Crippen LogP contribution in [0.25, 0.3) is 0 Å². The number of carbonyl (C=O) groups excluding carboxylic acids is 2. The number of hydrogen-bond donors (Lipinski definition) is 6. The molecule has 0 radical (unpaired) electrons. The summed E-state index contributed by atoms with van der Waals surface area (Å²) >= 11 is 0. The predicted molar refractivity (Wildman–Crippen MR) is 412 cm³/mol. The number of hydrogen-bond acceptors (Lipinski definition) is 10. The number of carbonyl (C=O) groups is 2. The van der Waals surface area contributed by atoms with Crippen LogP contribution in [-0.2, 0) is 23.8 Å². The van der Waals surface area contributed by atoms with Gasteiger partial charge in [-0.05, 0) is 116 Å². The average molecular weight is 1370 g/mol. The van der Waals surface area contributed by atoms with E-state index in [9.17, 15) is 35.1 Å². The van der Waals surface area contributed by atoms with Crippen LogP contribution in [0.1, 0.15) is 399 Å². The van der Waals surface area contributed by atoms with Gasteiger partial charge in [0.1, 0.15) is 24.4 Å². The van der Waals surface area contributed by atoms with Gasteiger partial charge in [-0.15, -0.1) is 0 Å². The number of amides is 1. The SMILES string of the molecule is CCCCCC/C=C/CC/C=C/CC/C=C/C(O)C(COC1OC(CO)C(O)C(O)C1O)NC(=O)CCCCCCCCCCCCCCCCCCC/C=C\C/C=C\CCCCCCCCCCCCCCCCCOC(=O)CCCCCCC/C=C\CCCCCCCCC. The molecule has 1 fully saturated rings. The summed E-state index contributed by atoms with van der Waals surface area (Å²) in [6.07, 6.45) is 92.3. The number of aliphatic hydroxyl groups is 5. The molecule has 566 valence electrons. The highest BCUT2D eigenvalue weighted by molar-refractivity contribution is 5.76. The van der Waals surface area contributed by atoms with Crippen LogP contribution in [0.15, 0.2) is 72.9 Å². The van der Waals surface area contributed by atoms with Crippen molar-refractivity contribution in [1.82, 2.24) is 5.32 Å². The number of ether oxygens (including phenoxy) is 3. The molecule has 0 bridgehead atoms. The highest BCUT2D eigenvalue weighted by atomic mass is 16.7. The minimum atomic E-state index is -1.58. The summed E-state index contributed by atoms with van der Waals surface area (Å²) in [5, 5.41) is 54.6. The molecule has 0 saturated carbocycles. The molecule has 0 spiro atoms. The molecule has 97 heavy (non-hydrogen) atoms. The van der Waals surface area contributed by atoms with Crippen molar-refractivity contribution in [2.75, 3.05) is 19.8 Å². The van der Waals surface area contributed by atoms with Crippen molar-refractivity contribution in [2.45, 2.75) is 442 Å². The molecular weight excluding hydrogens is 1210 g/mol. The molecule has 7 unspecified atom stereocenters. The zero-order valence-electron chi connectivity index (χ0n) is 63.3. The summed E-state index contributed by atoms with van der Waals surface area (Å²) in [5.74, 6) is -0.185. The average Bonchev–Trinajstić information content (AvgIpc) is 0.843. The molecule has 0 aromatic rings. The van der Waals surface area contributed by atoms with Gasteiger partial charge in [0, 0.05) is 12.8 Å². The van der Waals surface area contributed by atoms with E-state index < -0.39 is 49.5 Å². The quantitative estimate of drug-likeness (QED) is 0.0195. The van der Waals surface area contributed by atoms with Crippen molar-refractivity contribution < 1.29 is 49.3 Å². The highest BCUT2D eigenvalue weighted by Crippen LogP contribution is 2.24. The van der Waals surface area contributed by atoms with Gasteiger partial charge in [0.2, 0.25) is 5.91 Å². The topological polar surface area (TPSA) is 175 Å². The van der Waals surface area contributed by atoms with Gasteiger partial charge >= 0.3 is 5.97 Å². The first kappa shape index (κ1) is 92.1. The summed E-state index contributed by atoms with van der Waals surface area (Å²) < 4.78 is 16.8. The van der Waals surface area contributed by atoms with E-state index in [1.165, 1.54) is 295 Å². The molecule has 1 aliphatic heterocycles. The highest BCUT2D eigenvalue weighted by Gasteiger charge is 2.44. The molecule has 0 aliphatic carbocycles. The van der Waals surface area contributed by atoms with Crippen molar-refractivity contribution in [3.05, 3.63) is 72.9 Å². The Labute approximate surface area is 598 Å². The second-order valence-electron chi connectivity index (χ2n) is 28.8. The van der Waals surface area contributed by atoms with Crippen LogP contribution in [0.5, 0.6) is 0 Å². The van der Waals surface area contributed by atoms with Crippen molar-refractivity contribution in [3.8, 4) is 0 Å². The van der Waals surface area contributed by atoms with Gasteiger partial charge in [-0.25, -0.2) is 0 Å². The maximum absolute atomic E-state index is 13.1. The number of allylic oxidation sites excluding steroid dienone is 11. The molecule has 1 aliphatic rings. The molecule has 7 atom stereocenters.